The van der Waals surface area contributed by atoms with Crippen LogP contribution in [0.2, 0.25) is 5.02 Å². The Labute approximate surface area is 122 Å². The van der Waals surface area contributed by atoms with Crippen molar-refractivity contribution < 1.29 is 5.11 Å². The summed E-state index contributed by atoms with van der Waals surface area (Å²) in [4.78, 5) is 2.58. The van der Waals surface area contributed by atoms with Crippen LogP contribution in [-0.4, -0.2) is 5.11 Å². The van der Waals surface area contributed by atoms with E-state index in [9.17, 15) is 5.11 Å². The normalized spacial score (nSPS) is 16.1. The van der Waals surface area contributed by atoms with Crippen molar-refractivity contribution in [3.8, 4) is 0 Å². The molecule has 3 heteroatoms. The van der Waals surface area contributed by atoms with E-state index in [0.29, 0.717) is 6.42 Å². The number of halogens is 1. The van der Waals surface area contributed by atoms with Gasteiger partial charge >= 0.3 is 0 Å². The molecule has 0 saturated heterocycles. The van der Waals surface area contributed by atoms with Crippen LogP contribution in [0, 0.1) is 0 Å². The Bertz CT molecular complexity index is 552. The second kappa shape index (κ2) is 5.66. The van der Waals surface area contributed by atoms with Crippen molar-refractivity contribution in [2.24, 2.45) is 0 Å². The highest BCUT2D eigenvalue weighted by atomic mass is 35.5. The molecule has 0 bridgehead atoms. The van der Waals surface area contributed by atoms with Gasteiger partial charge in [-0.05, 0) is 55.0 Å². The molecular formula is C16H17ClOS. The van der Waals surface area contributed by atoms with E-state index >= 15 is 0 Å². The van der Waals surface area contributed by atoms with Crippen LogP contribution in [0.1, 0.15) is 39.8 Å². The van der Waals surface area contributed by atoms with Crippen molar-refractivity contribution in [2.75, 3.05) is 0 Å². The highest BCUT2D eigenvalue weighted by molar-refractivity contribution is 7.12. The van der Waals surface area contributed by atoms with Crippen molar-refractivity contribution >= 4 is 22.9 Å². The third-order valence-corrected chi connectivity index (χ3v) is 5.24. The first-order chi connectivity index (χ1) is 9.22. The van der Waals surface area contributed by atoms with Crippen LogP contribution in [0.5, 0.6) is 0 Å². The Morgan fingerprint density at radius 2 is 2.05 bits per heavy atom. The highest BCUT2D eigenvalue weighted by Gasteiger charge is 2.17. The maximum atomic E-state index is 10.4. The summed E-state index contributed by atoms with van der Waals surface area (Å²) in [7, 11) is 0. The average Bonchev–Trinajstić information content (AvgIpc) is 2.82. The molecule has 1 nitrogen and oxygen atoms in total. The fourth-order valence-corrected chi connectivity index (χ4v) is 4.12. The monoisotopic (exact) mass is 292 g/mol. The summed E-state index contributed by atoms with van der Waals surface area (Å²) in [6.45, 7) is 0. The molecule has 1 atom stereocenters. The van der Waals surface area contributed by atoms with Gasteiger partial charge in [0.1, 0.15) is 0 Å². The van der Waals surface area contributed by atoms with Crippen LogP contribution >= 0.6 is 22.9 Å². The van der Waals surface area contributed by atoms with Gasteiger partial charge < -0.3 is 5.11 Å². The Kier molecular flexibility index (Phi) is 3.92. The zero-order chi connectivity index (χ0) is 13.2. The maximum Gasteiger partial charge on any atom is 0.0922 e. The lowest BCUT2D eigenvalue weighted by atomic mass is 9.98. The van der Waals surface area contributed by atoms with Gasteiger partial charge in [0.05, 0.1) is 6.10 Å². The molecule has 19 heavy (non-hydrogen) atoms. The van der Waals surface area contributed by atoms with E-state index in [4.69, 9.17) is 11.6 Å². The molecule has 1 heterocycles. The summed E-state index contributed by atoms with van der Waals surface area (Å²) in [6.07, 6.45) is 5.17. The molecule has 0 radical (unpaired) electrons. The third kappa shape index (κ3) is 3.02. The SMILES string of the molecule is OC(Cc1cccc(Cl)c1)c1cc2c(s1)CCCC2. The van der Waals surface area contributed by atoms with E-state index in [1.54, 1.807) is 11.3 Å². The van der Waals surface area contributed by atoms with E-state index in [0.717, 1.165) is 15.5 Å². The number of hydrogen-bond acceptors (Lipinski definition) is 2. The van der Waals surface area contributed by atoms with E-state index in [2.05, 4.69) is 6.07 Å². The number of fused-ring (bicyclic) bond motifs is 1. The van der Waals surface area contributed by atoms with Gasteiger partial charge in [-0.2, -0.15) is 0 Å². The van der Waals surface area contributed by atoms with Gasteiger partial charge in [0, 0.05) is 21.2 Å². The molecule has 1 aromatic heterocycles. The minimum absolute atomic E-state index is 0.408. The Balaban J connectivity index is 1.76. The van der Waals surface area contributed by atoms with E-state index in [1.165, 1.54) is 36.1 Å². The Morgan fingerprint density at radius 3 is 2.84 bits per heavy atom. The standard InChI is InChI=1S/C16H17ClOS/c17-13-6-3-4-11(8-13)9-14(18)16-10-12-5-1-2-7-15(12)19-16/h3-4,6,8,10,14,18H,1-2,5,7,9H2. The predicted molar refractivity (Wildman–Crippen MR) is 81.1 cm³/mol. The summed E-state index contributed by atoms with van der Waals surface area (Å²) in [5.41, 5.74) is 2.54. The largest absolute Gasteiger partial charge is 0.387 e. The van der Waals surface area contributed by atoms with Crippen molar-refractivity contribution in [3.05, 3.63) is 56.2 Å². The van der Waals surface area contributed by atoms with Gasteiger partial charge in [-0.1, -0.05) is 23.7 Å². The minimum Gasteiger partial charge on any atom is -0.387 e. The zero-order valence-corrected chi connectivity index (χ0v) is 12.3. The molecular weight excluding hydrogens is 276 g/mol. The molecule has 2 aromatic rings. The number of aliphatic hydroxyl groups is 1. The molecule has 1 unspecified atom stereocenters. The molecule has 0 fully saturated rings. The second-order valence-corrected chi connectivity index (χ2v) is 6.76. The van der Waals surface area contributed by atoms with Crippen molar-refractivity contribution in [2.45, 2.75) is 38.2 Å². The van der Waals surface area contributed by atoms with Crippen molar-refractivity contribution in [1.29, 1.82) is 0 Å². The van der Waals surface area contributed by atoms with Crippen LogP contribution in [0.15, 0.2) is 30.3 Å². The van der Waals surface area contributed by atoms with Gasteiger partial charge in [-0.15, -0.1) is 11.3 Å². The first-order valence-electron chi connectivity index (χ1n) is 6.76. The lowest BCUT2D eigenvalue weighted by molar-refractivity contribution is 0.182. The third-order valence-electron chi connectivity index (χ3n) is 3.66. The van der Waals surface area contributed by atoms with Crippen LogP contribution in [0.4, 0.5) is 0 Å². The van der Waals surface area contributed by atoms with Gasteiger partial charge in [0.25, 0.3) is 0 Å². The van der Waals surface area contributed by atoms with Gasteiger partial charge in [0.15, 0.2) is 0 Å². The lowest BCUT2D eigenvalue weighted by Crippen LogP contribution is -1.99. The number of aryl methyl sites for hydroxylation is 2. The van der Waals surface area contributed by atoms with Gasteiger partial charge in [-0.3, -0.25) is 0 Å². The quantitative estimate of drug-likeness (QED) is 0.879. The summed E-state index contributed by atoms with van der Waals surface area (Å²) >= 11 is 7.76. The first kappa shape index (κ1) is 13.2. The summed E-state index contributed by atoms with van der Waals surface area (Å²) in [6, 6.07) is 9.94. The van der Waals surface area contributed by atoms with E-state index < -0.39 is 6.10 Å². The second-order valence-electron chi connectivity index (χ2n) is 5.15. The fourth-order valence-electron chi connectivity index (χ4n) is 2.67. The Hall–Kier alpha value is -0.830. The molecule has 3 rings (SSSR count). The Morgan fingerprint density at radius 1 is 1.21 bits per heavy atom. The lowest BCUT2D eigenvalue weighted by Gasteiger charge is -2.08. The van der Waals surface area contributed by atoms with Crippen molar-refractivity contribution in [1.82, 2.24) is 0 Å². The minimum atomic E-state index is -0.408. The summed E-state index contributed by atoms with van der Waals surface area (Å²) < 4.78 is 0. The molecule has 1 aliphatic rings. The van der Waals surface area contributed by atoms with Crippen LogP contribution in [0.25, 0.3) is 0 Å². The summed E-state index contributed by atoms with van der Waals surface area (Å²) in [5, 5.41) is 11.1. The summed E-state index contributed by atoms with van der Waals surface area (Å²) in [5.74, 6) is 0. The molecule has 1 N–H and O–H groups in total. The number of benzene rings is 1. The molecule has 1 aliphatic carbocycles. The van der Waals surface area contributed by atoms with Crippen LogP contribution < -0.4 is 0 Å². The number of rotatable bonds is 3. The number of thiophene rings is 1. The topological polar surface area (TPSA) is 20.2 Å². The molecule has 0 amide bonds. The van der Waals surface area contributed by atoms with Gasteiger partial charge in [0.2, 0.25) is 0 Å². The molecule has 0 spiro atoms. The smallest absolute Gasteiger partial charge is 0.0922 e. The fraction of sp³-hybridized carbons (Fsp3) is 0.375. The average molecular weight is 293 g/mol. The first-order valence-corrected chi connectivity index (χ1v) is 7.96. The molecule has 1 aromatic carbocycles. The van der Waals surface area contributed by atoms with E-state index in [-0.39, 0.29) is 0 Å². The van der Waals surface area contributed by atoms with Crippen molar-refractivity contribution in [3.63, 3.8) is 0 Å². The molecule has 0 saturated carbocycles. The molecule has 0 aliphatic heterocycles. The van der Waals surface area contributed by atoms with Crippen LogP contribution in [-0.2, 0) is 19.3 Å². The molecule has 100 valence electrons. The van der Waals surface area contributed by atoms with E-state index in [1.807, 2.05) is 24.3 Å². The maximum absolute atomic E-state index is 10.4. The predicted octanol–water partition coefficient (Wildman–Crippen LogP) is 4.56. The number of hydrogen-bond donors (Lipinski definition) is 1. The van der Waals surface area contributed by atoms with Crippen LogP contribution in [0.3, 0.4) is 0 Å². The number of aliphatic hydroxyl groups excluding tert-OH is 1. The van der Waals surface area contributed by atoms with Gasteiger partial charge in [-0.25, -0.2) is 0 Å². The zero-order valence-electron chi connectivity index (χ0n) is 10.7. The highest BCUT2D eigenvalue weighted by Crippen LogP contribution is 2.34.